The molecular weight excluding hydrogens is 384 g/mol. The van der Waals surface area contributed by atoms with Gasteiger partial charge >= 0.3 is 0 Å². The van der Waals surface area contributed by atoms with Gasteiger partial charge in [0.2, 0.25) is 5.91 Å². The van der Waals surface area contributed by atoms with Gasteiger partial charge in [-0.25, -0.2) is 0 Å². The largest absolute Gasteiger partial charge is 0.489 e. The summed E-state index contributed by atoms with van der Waals surface area (Å²) in [6, 6.07) is 12.0. The minimum atomic E-state index is -0.00561. The minimum absolute atomic E-state index is 0.00561. The number of nitrogens with zero attached hydrogens (tertiary/aromatic N) is 2. The van der Waals surface area contributed by atoms with Crippen LogP contribution in [0.15, 0.2) is 36.4 Å². The van der Waals surface area contributed by atoms with Gasteiger partial charge in [0.1, 0.15) is 15.8 Å². The summed E-state index contributed by atoms with van der Waals surface area (Å²) in [5.41, 5.74) is 11.2. The highest BCUT2D eigenvalue weighted by Gasteiger charge is 2.26. The van der Waals surface area contributed by atoms with Gasteiger partial charge in [0, 0.05) is 18.1 Å². The highest BCUT2D eigenvalue weighted by Crippen LogP contribution is 2.40. The maximum Gasteiger partial charge on any atom is 0.217 e. The second-order valence-electron chi connectivity index (χ2n) is 7.50. The Labute approximate surface area is 174 Å². The lowest BCUT2D eigenvalue weighted by molar-refractivity contribution is -0.119. The van der Waals surface area contributed by atoms with E-state index < -0.39 is 0 Å². The number of anilines is 1. The van der Waals surface area contributed by atoms with E-state index in [-0.39, 0.29) is 18.1 Å². The zero-order valence-corrected chi connectivity index (χ0v) is 17.5. The van der Waals surface area contributed by atoms with Crippen molar-refractivity contribution in [2.45, 2.75) is 45.8 Å². The fourth-order valence-corrected chi connectivity index (χ4v) is 4.63. The Kier molecular flexibility index (Phi) is 5.24. The Balaban J connectivity index is 1.63. The van der Waals surface area contributed by atoms with Crippen LogP contribution >= 0.6 is 11.3 Å². The summed E-state index contributed by atoms with van der Waals surface area (Å²) < 4.78 is 5.71. The lowest BCUT2D eigenvalue weighted by Crippen LogP contribution is -2.24. The maximum absolute atomic E-state index is 11.5. The number of benzene rings is 2. The molecule has 1 heterocycles. The molecule has 0 saturated heterocycles. The molecule has 7 heteroatoms. The first-order valence-corrected chi connectivity index (χ1v) is 10.5. The van der Waals surface area contributed by atoms with Crippen LogP contribution in [-0.4, -0.2) is 22.2 Å². The predicted molar refractivity (Wildman–Crippen MR) is 116 cm³/mol. The molecule has 2 aromatic carbocycles. The quantitative estimate of drug-likeness (QED) is 0.612. The third kappa shape index (κ3) is 3.96. The number of amides is 1. The molecular formula is C22H24N4O2S. The lowest BCUT2D eigenvalue weighted by Gasteiger charge is -2.13. The van der Waals surface area contributed by atoms with Crippen molar-refractivity contribution < 1.29 is 9.53 Å². The molecule has 1 aliphatic rings. The molecule has 0 saturated carbocycles. The van der Waals surface area contributed by atoms with Crippen LogP contribution in [0.3, 0.4) is 0 Å². The Morgan fingerprint density at radius 2 is 2.03 bits per heavy atom. The standard InChI is InChI=1S/C22H24N4O2S/c1-12(2)28-20-10-7-14(11-18(20)23)21-25-26-22(29-21)17-6-4-5-16-15(17)8-9-19(16)24-13(3)27/h4-7,10-12,19H,8-9,23H2,1-3H3,(H,24,27)/t19-/m0/s1. The van der Waals surface area contributed by atoms with Gasteiger partial charge in [0.05, 0.1) is 17.8 Å². The monoisotopic (exact) mass is 408 g/mol. The fourth-order valence-electron chi connectivity index (χ4n) is 3.74. The molecule has 3 N–H and O–H groups in total. The third-order valence-electron chi connectivity index (χ3n) is 4.92. The summed E-state index contributed by atoms with van der Waals surface area (Å²) in [7, 11) is 0. The molecule has 1 aromatic heterocycles. The molecule has 3 aromatic rings. The number of nitrogens with one attached hydrogen (secondary N) is 1. The smallest absolute Gasteiger partial charge is 0.217 e. The first-order chi connectivity index (χ1) is 13.9. The van der Waals surface area contributed by atoms with Gasteiger partial charge in [-0.2, -0.15) is 0 Å². The van der Waals surface area contributed by atoms with E-state index in [0.29, 0.717) is 11.4 Å². The lowest BCUT2D eigenvalue weighted by atomic mass is 10.0. The molecule has 0 spiro atoms. The van der Waals surface area contributed by atoms with Gasteiger partial charge in [-0.1, -0.05) is 29.5 Å². The number of rotatable bonds is 5. The van der Waals surface area contributed by atoms with Crippen LogP contribution in [0.1, 0.15) is 44.4 Å². The summed E-state index contributed by atoms with van der Waals surface area (Å²) in [4.78, 5) is 11.5. The van der Waals surface area contributed by atoms with Crippen molar-refractivity contribution in [3.63, 3.8) is 0 Å². The number of carbonyl (C=O) groups is 1. The number of fused-ring (bicyclic) bond motifs is 1. The summed E-state index contributed by atoms with van der Waals surface area (Å²) in [5.74, 6) is 0.673. The van der Waals surface area contributed by atoms with Crippen LogP contribution in [0.5, 0.6) is 5.75 Å². The normalized spacial score (nSPS) is 15.4. The van der Waals surface area contributed by atoms with E-state index in [9.17, 15) is 4.79 Å². The number of hydrogen-bond donors (Lipinski definition) is 2. The van der Waals surface area contributed by atoms with Gasteiger partial charge in [0.15, 0.2) is 0 Å². The van der Waals surface area contributed by atoms with Gasteiger partial charge in [-0.05, 0) is 56.0 Å². The van der Waals surface area contributed by atoms with Crippen molar-refractivity contribution in [2.75, 3.05) is 5.73 Å². The van der Waals surface area contributed by atoms with Crippen LogP contribution in [0, 0.1) is 0 Å². The van der Waals surface area contributed by atoms with E-state index >= 15 is 0 Å². The topological polar surface area (TPSA) is 90.1 Å². The Morgan fingerprint density at radius 1 is 1.24 bits per heavy atom. The van der Waals surface area contributed by atoms with Crippen LogP contribution < -0.4 is 15.8 Å². The highest BCUT2D eigenvalue weighted by atomic mass is 32.1. The minimum Gasteiger partial charge on any atom is -0.489 e. The maximum atomic E-state index is 11.5. The average molecular weight is 409 g/mol. The third-order valence-corrected chi connectivity index (χ3v) is 5.93. The summed E-state index contributed by atoms with van der Waals surface area (Å²) >= 11 is 1.54. The van der Waals surface area contributed by atoms with Crippen molar-refractivity contribution >= 4 is 22.9 Å². The second-order valence-corrected chi connectivity index (χ2v) is 8.47. The molecule has 6 nitrogen and oxygen atoms in total. The van der Waals surface area contributed by atoms with Crippen LogP contribution in [-0.2, 0) is 11.2 Å². The van der Waals surface area contributed by atoms with Gasteiger partial charge in [-0.3, -0.25) is 4.79 Å². The first kappa shape index (κ1) is 19.4. The van der Waals surface area contributed by atoms with Gasteiger partial charge in [-0.15, -0.1) is 10.2 Å². The number of aromatic nitrogens is 2. The number of hydrogen-bond acceptors (Lipinski definition) is 6. The van der Waals surface area contributed by atoms with Gasteiger partial charge in [0.25, 0.3) is 0 Å². The van der Waals surface area contributed by atoms with Crippen LogP contribution in [0.4, 0.5) is 5.69 Å². The van der Waals surface area contributed by atoms with E-state index in [2.05, 4.69) is 27.6 Å². The Morgan fingerprint density at radius 3 is 2.76 bits per heavy atom. The van der Waals surface area contributed by atoms with Crippen molar-refractivity contribution in [3.05, 3.63) is 47.5 Å². The first-order valence-electron chi connectivity index (χ1n) is 9.71. The summed E-state index contributed by atoms with van der Waals surface area (Å²) in [6.45, 7) is 5.50. The van der Waals surface area contributed by atoms with Crippen molar-refractivity contribution in [1.82, 2.24) is 15.5 Å². The molecule has 1 aliphatic carbocycles. The van der Waals surface area contributed by atoms with Gasteiger partial charge < -0.3 is 15.8 Å². The van der Waals surface area contributed by atoms with E-state index in [1.807, 2.05) is 38.1 Å². The summed E-state index contributed by atoms with van der Waals surface area (Å²) in [6.07, 6.45) is 1.89. The van der Waals surface area contributed by atoms with E-state index in [0.717, 1.165) is 34.0 Å². The Hall–Kier alpha value is -2.93. The molecule has 0 bridgehead atoms. The Bertz CT molecular complexity index is 1060. The van der Waals surface area contributed by atoms with Crippen LogP contribution in [0.25, 0.3) is 21.1 Å². The van der Waals surface area contributed by atoms with Crippen LogP contribution in [0.2, 0.25) is 0 Å². The molecule has 1 atom stereocenters. The van der Waals surface area contributed by atoms with Crippen molar-refractivity contribution in [1.29, 1.82) is 0 Å². The molecule has 29 heavy (non-hydrogen) atoms. The SMILES string of the molecule is CC(=O)N[C@H]1CCc2c(-c3nnc(-c4ccc(OC(C)C)c(N)c4)s3)cccc21. The zero-order valence-electron chi connectivity index (χ0n) is 16.7. The van der Waals surface area contributed by atoms with Crippen molar-refractivity contribution in [3.8, 4) is 26.9 Å². The molecule has 1 amide bonds. The molecule has 150 valence electrons. The molecule has 4 rings (SSSR count). The van der Waals surface area contributed by atoms with Crippen molar-refractivity contribution in [2.24, 2.45) is 0 Å². The fraction of sp³-hybridized carbons (Fsp3) is 0.318. The van der Waals surface area contributed by atoms with E-state index in [1.54, 1.807) is 18.3 Å². The number of carbonyl (C=O) groups excluding carboxylic acids is 1. The molecule has 0 fully saturated rings. The van der Waals surface area contributed by atoms with E-state index in [4.69, 9.17) is 10.5 Å². The van der Waals surface area contributed by atoms with E-state index in [1.165, 1.54) is 11.1 Å². The predicted octanol–water partition coefficient (Wildman–Crippen LogP) is 4.36. The zero-order chi connectivity index (χ0) is 20.5. The number of ether oxygens (including phenoxy) is 1. The number of nitrogen functional groups attached to an aromatic ring is 1. The summed E-state index contributed by atoms with van der Waals surface area (Å²) in [5, 5.41) is 13.6. The number of nitrogens with two attached hydrogens (primary N) is 1. The second kappa shape index (κ2) is 7.83. The molecule has 0 unspecified atom stereocenters. The average Bonchev–Trinajstić information content (AvgIpc) is 3.30. The highest BCUT2D eigenvalue weighted by molar-refractivity contribution is 7.17. The molecule has 0 aliphatic heterocycles. The molecule has 0 radical (unpaired) electrons.